The zero-order valence-corrected chi connectivity index (χ0v) is 13.4. The molecule has 2 atom stereocenters. The maximum absolute atomic E-state index is 12.9. The van der Waals surface area contributed by atoms with Gasteiger partial charge in [0.1, 0.15) is 5.82 Å². The second kappa shape index (κ2) is 6.47. The van der Waals surface area contributed by atoms with E-state index in [9.17, 15) is 9.18 Å². The molecular formula is C19H16FN3O2. The third kappa shape index (κ3) is 3.42. The number of hydrogen-bond donors (Lipinski definition) is 1. The Morgan fingerprint density at radius 3 is 2.68 bits per heavy atom. The van der Waals surface area contributed by atoms with Crippen LogP contribution in [0.5, 0.6) is 0 Å². The fourth-order valence-corrected chi connectivity index (χ4v) is 2.89. The molecule has 1 fully saturated rings. The number of aromatic nitrogens is 2. The molecule has 1 heterocycles. The van der Waals surface area contributed by atoms with Crippen molar-refractivity contribution in [1.82, 2.24) is 15.5 Å². The molecule has 2 aromatic carbocycles. The van der Waals surface area contributed by atoms with E-state index in [0.717, 1.165) is 6.42 Å². The van der Waals surface area contributed by atoms with Crippen LogP contribution in [0.4, 0.5) is 4.39 Å². The molecule has 0 spiro atoms. The summed E-state index contributed by atoms with van der Waals surface area (Å²) in [6.07, 6.45) is 0.864. The van der Waals surface area contributed by atoms with Gasteiger partial charge in [0.05, 0.1) is 6.54 Å². The van der Waals surface area contributed by atoms with Crippen molar-refractivity contribution < 1.29 is 13.7 Å². The van der Waals surface area contributed by atoms with E-state index >= 15 is 0 Å². The van der Waals surface area contributed by atoms with Crippen LogP contribution in [0, 0.1) is 11.7 Å². The van der Waals surface area contributed by atoms with Crippen LogP contribution in [0.3, 0.4) is 0 Å². The van der Waals surface area contributed by atoms with Crippen molar-refractivity contribution in [2.75, 3.05) is 0 Å². The molecule has 1 amide bonds. The predicted octanol–water partition coefficient (Wildman–Crippen LogP) is 3.30. The number of amides is 1. The van der Waals surface area contributed by atoms with E-state index in [1.807, 2.05) is 30.3 Å². The first-order chi connectivity index (χ1) is 12.2. The Balaban J connectivity index is 1.33. The van der Waals surface area contributed by atoms with E-state index in [4.69, 9.17) is 4.52 Å². The Morgan fingerprint density at radius 2 is 1.92 bits per heavy atom. The third-order valence-corrected chi connectivity index (χ3v) is 4.33. The van der Waals surface area contributed by atoms with Crippen LogP contribution >= 0.6 is 0 Å². The van der Waals surface area contributed by atoms with Gasteiger partial charge in [0.15, 0.2) is 5.82 Å². The highest BCUT2D eigenvalue weighted by Crippen LogP contribution is 2.47. The molecule has 1 N–H and O–H groups in total. The summed E-state index contributed by atoms with van der Waals surface area (Å²) in [5.41, 5.74) is 1.83. The fraction of sp³-hybridized carbons (Fsp3) is 0.211. The molecule has 6 heteroatoms. The summed E-state index contributed by atoms with van der Waals surface area (Å²) in [5, 5.41) is 6.70. The molecule has 126 valence electrons. The number of benzene rings is 2. The molecule has 4 rings (SSSR count). The third-order valence-electron chi connectivity index (χ3n) is 4.33. The minimum Gasteiger partial charge on any atom is -0.348 e. The average molecular weight is 337 g/mol. The smallest absolute Gasteiger partial charge is 0.257 e. The van der Waals surface area contributed by atoms with Crippen molar-refractivity contribution in [2.45, 2.75) is 18.9 Å². The quantitative estimate of drug-likeness (QED) is 0.776. The second-order valence-electron chi connectivity index (χ2n) is 6.10. The van der Waals surface area contributed by atoms with Crippen molar-refractivity contribution in [2.24, 2.45) is 5.92 Å². The molecule has 3 aromatic rings. The molecule has 0 aliphatic heterocycles. The first kappa shape index (κ1) is 15.5. The van der Waals surface area contributed by atoms with Crippen LogP contribution in [0.1, 0.15) is 23.7 Å². The molecule has 0 unspecified atom stereocenters. The highest BCUT2D eigenvalue weighted by Gasteiger charge is 2.43. The molecule has 1 aliphatic carbocycles. The van der Waals surface area contributed by atoms with E-state index < -0.39 is 0 Å². The molecule has 1 saturated carbocycles. The number of nitrogens with one attached hydrogen (secondary N) is 1. The van der Waals surface area contributed by atoms with Crippen molar-refractivity contribution in [3.63, 3.8) is 0 Å². The number of carbonyl (C=O) groups excluding carboxylic acids is 1. The lowest BCUT2D eigenvalue weighted by Gasteiger charge is -2.02. The van der Waals surface area contributed by atoms with Crippen LogP contribution < -0.4 is 5.32 Å². The Hall–Kier alpha value is -3.02. The summed E-state index contributed by atoms with van der Waals surface area (Å²) in [6, 6.07) is 15.8. The highest BCUT2D eigenvalue weighted by molar-refractivity contribution is 5.82. The van der Waals surface area contributed by atoms with E-state index in [2.05, 4.69) is 15.5 Å². The molecule has 0 saturated heterocycles. The first-order valence-corrected chi connectivity index (χ1v) is 8.12. The number of halogens is 1. The maximum atomic E-state index is 12.9. The SMILES string of the molecule is O=C(NCc1noc(-c2ccc(F)cc2)n1)[C@H]1C[C@@H]1c1ccccc1. The Kier molecular flexibility index (Phi) is 4.01. The van der Waals surface area contributed by atoms with Gasteiger partial charge >= 0.3 is 0 Å². The summed E-state index contributed by atoms with van der Waals surface area (Å²) >= 11 is 0. The Labute approximate surface area is 143 Å². The topological polar surface area (TPSA) is 68.0 Å². The van der Waals surface area contributed by atoms with Crippen LogP contribution in [-0.2, 0) is 11.3 Å². The molecule has 0 radical (unpaired) electrons. The van der Waals surface area contributed by atoms with Crippen molar-refractivity contribution in [1.29, 1.82) is 0 Å². The largest absolute Gasteiger partial charge is 0.348 e. The summed E-state index contributed by atoms with van der Waals surface area (Å²) in [7, 11) is 0. The van der Waals surface area contributed by atoms with E-state index in [1.165, 1.54) is 17.7 Å². The summed E-state index contributed by atoms with van der Waals surface area (Å²) in [6.45, 7) is 0.210. The molecular weight excluding hydrogens is 321 g/mol. The Morgan fingerprint density at radius 1 is 1.16 bits per heavy atom. The predicted molar refractivity (Wildman–Crippen MR) is 88.8 cm³/mol. The minimum absolute atomic E-state index is 0.00184. The maximum Gasteiger partial charge on any atom is 0.257 e. The van der Waals surface area contributed by atoms with Gasteiger partial charge in [-0.1, -0.05) is 35.5 Å². The Bertz CT molecular complexity index is 877. The van der Waals surface area contributed by atoms with Crippen molar-refractivity contribution >= 4 is 5.91 Å². The number of hydrogen-bond acceptors (Lipinski definition) is 4. The lowest BCUT2D eigenvalue weighted by molar-refractivity contribution is -0.122. The average Bonchev–Trinajstić information content (AvgIpc) is 3.32. The summed E-state index contributed by atoms with van der Waals surface area (Å²) in [5.74, 6) is 0.671. The van der Waals surface area contributed by atoms with Gasteiger partial charge in [0.2, 0.25) is 5.91 Å². The zero-order chi connectivity index (χ0) is 17.2. The van der Waals surface area contributed by atoms with Gasteiger partial charge in [0, 0.05) is 11.5 Å². The van der Waals surface area contributed by atoms with Crippen LogP contribution in [0.25, 0.3) is 11.5 Å². The lowest BCUT2D eigenvalue weighted by Crippen LogP contribution is -2.25. The first-order valence-electron chi connectivity index (χ1n) is 8.12. The van der Waals surface area contributed by atoms with Gasteiger partial charge in [-0.05, 0) is 42.2 Å². The number of nitrogens with zero attached hydrogens (tertiary/aromatic N) is 2. The van der Waals surface area contributed by atoms with E-state index in [1.54, 1.807) is 12.1 Å². The zero-order valence-electron chi connectivity index (χ0n) is 13.4. The fourth-order valence-electron chi connectivity index (χ4n) is 2.89. The van der Waals surface area contributed by atoms with Gasteiger partial charge in [-0.25, -0.2) is 4.39 Å². The van der Waals surface area contributed by atoms with Gasteiger partial charge in [0.25, 0.3) is 5.89 Å². The van der Waals surface area contributed by atoms with E-state index in [0.29, 0.717) is 23.2 Å². The van der Waals surface area contributed by atoms with Crippen LogP contribution in [0.15, 0.2) is 59.1 Å². The second-order valence-corrected chi connectivity index (χ2v) is 6.10. The van der Waals surface area contributed by atoms with Crippen LogP contribution in [-0.4, -0.2) is 16.0 Å². The van der Waals surface area contributed by atoms with Crippen molar-refractivity contribution in [3.05, 3.63) is 71.8 Å². The van der Waals surface area contributed by atoms with Gasteiger partial charge in [-0.15, -0.1) is 0 Å². The molecule has 5 nitrogen and oxygen atoms in total. The summed E-state index contributed by atoms with van der Waals surface area (Å²) in [4.78, 5) is 16.5. The standard InChI is InChI=1S/C19H16FN3O2/c20-14-8-6-13(7-9-14)19-22-17(23-25-19)11-21-18(24)16-10-15(16)12-4-2-1-3-5-12/h1-9,15-16H,10-11H2,(H,21,24)/t15-,16+/m1/s1. The van der Waals surface area contributed by atoms with Gasteiger partial charge < -0.3 is 9.84 Å². The molecule has 1 aromatic heterocycles. The van der Waals surface area contributed by atoms with Crippen LogP contribution in [0.2, 0.25) is 0 Å². The summed E-state index contributed by atoms with van der Waals surface area (Å²) < 4.78 is 18.1. The van der Waals surface area contributed by atoms with Crippen molar-refractivity contribution in [3.8, 4) is 11.5 Å². The highest BCUT2D eigenvalue weighted by atomic mass is 19.1. The lowest BCUT2D eigenvalue weighted by atomic mass is 10.1. The molecule has 1 aliphatic rings. The monoisotopic (exact) mass is 337 g/mol. The number of rotatable bonds is 5. The molecule has 0 bridgehead atoms. The van der Waals surface area contributed by atoms with Gasteiger partial charge in [-0.2, -0.15) is 4.98 Å². The minimum atomic E-state index is -0.326. The van der Waals surface area contributed by atoms with E-state index in [-0.39, 0.29) is 24.2 Å². The van der Waals surface area contributed by atoms with Gasteiger partial charge in [-0.3, -0.25) is 4.79 Å². The normalized spacial score (nSPS) is 18.8. The molecule has 25 heavy (non-hydrogen) atoms. The number of carbonyl (C=O) groups is 1.